The van der Waals surface area contributed by atoms with Gasteiger partial charge in [-0.1, -0.05) is 27.7 Å². The van der Waals surface area contributed by atoms with Crippen molar-refractivity contribution in [2.45, 2.75) is 85.7 Å². The molecule has 0 fully saturated rings. The molecule has 5 heteroatoms. The third kappa shape index (κ3) is 12.1. The number of aliphatic hydroxyl groups is 1. The Hall–Kier alpha value is -0.200. The molecule has 128 valence electrons. The van der Waals surface area contributed by atoms with Crippen LogP contribution >= 0.6 is 0 Å². The monoisotopic (exact) mass is 306 g/mol. The lowest BCUT2D eigenvalue weighted by Gasteiger charge is -2.31. The second-order valence-electron chi connectivity index (χ2n) is 7.66. The van der Waals surface area contributed by atoms with Gasteiger partial charge in [-0.05, 0) is 46.0 Å². The fraction of sp³-hybridized carbons (Fsp3) is 1.00. The van der Waals surface area contributed by atoms with Crippen LogP contribution in [0.1, 0.15) is 68.2 Å². The van der Waals surface area contributed by atoms with Gasteiger partial charge in [0.05, 0.1) is 11.7 Å². The Labute approximate surface area is 129 Å². The SMILES string of the molecule is CC(C)CC(O)COOC(C)(CC(C)C)OOC(C)(C)C. The lowest BCUT2D eigenvalue weighted by Crippen LogP contribution is -2.38. The Bertz CT molecular complexity index is 272. The second kappa shape index (κ2) is 9.06. The van der Waals surface area contributed by atoms with E-state index < -0.39 is 17.5 Å². The Balaban J connectivity index is 4.34. The molecule has 0 rings (SSSR count). The summed E-state index contributed by atoms with van der Waals surface area (Å²) in [5, 5.41) is 9.78. The summed E-state index contributed by atoms with van der Waals surface area (Å²) >= 11 is 0. The molecule has 2 atom stereocenters. The highest BCUT2D eigenvalue weighted by Crippen LogP contribution is 2.25. The molecule has 0 aliphatic carbocycles. The van der Waals surface area contributed by atoms with E-state index >= 15 is 0 Å². The first-order valence-electron chi connectivity index (χ1n) is 7.79. The molecule has 0 aromatic rings. The summed E-state index contributed by atoms with van der Waals surface area (Å²) in [4.78, 5) is 21.3. The zero-order valence-corrected chi connectivity index (χ0v) is 14.9. The first kappa shape index (κ1) is 20.8. The van der Waals surface area contributed by atoms with Crippen LogP contribution in [0.15, 0.2) is 0 Å². The smallest absolute Gasteiger partial charge is 0.231 e. The summed E-state index contributed by atoms with van der Waals surface area (Å²) in [6.45, 7) is 15.8. The van der Waals surface area contributed by atoms with Crippen molar-refractivity contribution in [3.63, 3.8) is 0 Å². The van der Waals surface area contributed by atoms with Gasteiger partial charge in [0.1, 0.15) is 6.61 Å². The van der Waals surface area contributed by atoms with Crippen LogP contribution in [0.25, 0.3) is 0 Å². The molecule has 0 aliphatic heterocycles. The molecule has 0 heterocycles. The second-order valence-corrected chi connectivity index (χ2v) is 7.66. The van der Waals surface area contributed by atoms with Gasteiger partial charge in [0.25, 0.3) is 0 Å². The number of hydrogen-bond acceptors (Lipinski definition) is 5. The molecule has 0 spiro atoms. The molecule has 0 aromatic heterocycles. The fourth-order valence-electron chi connectivity index (χ4n) is 1.89. The lowest BCUT2D eigenvalue weighted by molar-refractivity contribution is -0.526. The molecule has 1 N–H and O–H groups in total. The average molecular weight is 306 g/mol. The molecular formula is C16H34O5. The normalized spacial score (nSPS) is 17.3. The maximum atomic E-state index is 9.78. The van der Waals surface area contributed by atoms with E-state index in [-0.39, 0.29) is 6.61 Å². The predicted molar refractivity (Wildman–Crippen MR) is 82.3 cm³/mol. The Morgan fingerprint density at radius 1 is 0.857 bits per heavy atom. The van der Waals surface area contributed by atoms with Crippen molar-refractivity contribution >= 4 is 0 Å². The summed E-state index contributed by atoms with van der Waals surface area (Å²) in [5.74, 6) is -0.243. The van der Waals surface area contributed by atoms with Gasteiger partial charge >= 0.3 is 0 Å². The topological polar surface area (TPSA) is 57.2 Å². The third-order valence-electron chi connectivity index (χ3n) is 2.49. The van der Waals surface area contributed by atoms with Gasteiger partial charge in [-0.3, -0.25) is 0 Å². The minimum atomic E-state index is -1.00. The van der Waals surface area contributed by atoms with Crippen LogP contribution in [0.2, 0.25) is 0 Å². The van der Waals surface area contributed by atoms with Crippen LogP contribution < -0.4 is 0 Å². The van der Waals surface area contributed by atoms with Crippen LogP contribution in [0.5, 0.6) is 0 Å². The van der Waals surface area contributed by atoms with Crippen molar-refractivity contribution in [2.24, 2.45) is 11.8 Å². The van der Waals surface area contributed by atoms with Crippen molar-refractivity contribution in [3.8, 4) is 0 Å². The van der Waals surface area contributed by atoms with Gasteiger partial charge in [0.2, 0.25) is 5.79 Å². The highest BCUT2D eigenvalue weighted by Gasteiger charge is 2.33. The fourth-order valence-corrected chi connectivity index (χ4v) is 1.89. The lowest BCUT2D eigenvalue weighted by atomic mass is 10.0. The first-order chi connectivity index (χ1) is 9.43. The van der Waals surface area contributed by atoms with E-state index in [0.29, 0.717) is 24.7 Å². The van der Waals surface area contributed by atoms with Gasteiger partial charge in [0, 0.05) is 6.42 Å². The van der Waals surface area contributed by atoms with Crippen molar-refractivity contribution in [2.75, 3.05) is 6.61 Å². The number of aliphatic hydroxyl groups excluding tert-OH is 1. The van der Waals surface area contributed by atoms with E-state index in [4.69, 9.17) is 19.6 Å². The van der Waals surface area contributed by atoms with Crippen LogP contribution in [-0.4, -0.2) is 29.2 Å². The zero-order chi connectivity index (χ0) is 16.7. The van der Waals surface area contributed by atoms with Gasteiger partial charge < -0.3 is 5.11 Å². The molecule has 0 saturated carbocycles. The van der Waals surface area contributed by atoms with Crippen molar-refractivity contribution in [1.82, 2.24) is 0 Å². The standard InChI is InChI=1S/C16H34O5/c1-12(2)9-14(17)11-18-20-16(8,10-13(3)4)21-19-15(5,6)7/h12-14,17H,9-11H2,1-8H3. The van der Waals surface area contributed by atoms with E-state index in [1.165, 1.54) is 0 Å². The van der Waals surface area contributed by atoms with Crippen molar-refractivity contribution in [3.05, 3.63) is 0 Å². The highest BCUT2D eigenvalue weighted by molar-refractivity contribution is 4.64. The minimum absolute atomic E-state index is 0.116. The summed E-state index contributed by atoms with van der Waals surface area (Å²) in [5.41, 5.74) is -0.432. The molecule has 0 amide bonds. The molecule has 0 bridgehead atoms. The van der Waals surface area contributed by atoms with Crippen LogP contribution in [0, 0.1) is 11.8 Å². The van der Waals surface area contributed by atoms with Gasteiger partial charge in [-0.2, -0.15) is 9.78 Å². The molecule has 0 aromatic carbocycles. The predicted octanol–water partition coefficient (Wildman–Crippen LogP) is 3.85. The van der Waals surface area contributed by atoms with E-state index in [2.05, 4.69) is 13.8 Å². The van der Waals surface area contributed by atoms with Gasteiger partial charge in [-0.25, -0.2) is 9.78 Å². The summed E-state index contributed by atoms with van der Waals surface area (Å²) in [6.07, 6.45) is 0.740. The largest absolute Gasteiger partial charge is 0.391 e. The molecule has 0 saturated heterocycles. The van der Waals surface area contributed by atoms with Crippen LogP contribution in [-0.2, 0) is 19.6 Å². The van der Waals surface area contributed by atoms with Gasteiger partial charge in [0.15, 0.2) is 0 Å². The number of rotatable bonds is 10. The summed E-state index contributed by atoms with van der Waals surface area (Å²) in [7, 11) is 0. The molecule has 0 radical (unpaired) electrons. The van der Waals surface area contributed by atoms with E-state index in [1.54, 1.807) is 6.92 Å². The minimum Gasteiger partial charge on any atom is -0.391 e. The molecule has 5 nitrogen and oxygen atoms in total. The number of hydrogen-bond donors (Lipinski definition) is 1. The Morgan fingerprint density at radius 3 is 1.86 bits per heavy atom. The van der Waals surface area contributed by atoms with Gasteiger partial charge in [-0.15, -0.1) is 0 Å². The Kier molecular flexibility index (Phi) is 8.97. The van der Waals surface area contributed by atoms with Crippen LogP contribution in [0.4, 0.5) is 0 Å². The first-order valence-corrected chi connectivity index (χ1v) is 7.79. The van der Waals surface area contributed by atoms with E-state index in [9.17, 15) is 5.11 Å². The molecular weight excluding hydrogens is 272 g/mol. The average Bonchev–Trinajstić information content (AvgIpc) is 2.23. The van der Waals surface area contributed by atoms with E-state index in [0.717, 1.165) is 0 Å². The van der Waals surface area contributed by atoms with E-state index in [1.807, 2.05) is 34.6 Å². The van der Waals surface area contributed by atoms with Crippen molar-refractivity contribution in [1.29, 1.82) is 0 Å². The quantitative estimate of drug-likeness (QED) is 0.377. The zero-order valence-electron chi connectivity index (χ0n) is 14.9. The third-order valence-corrected chi connectivity index (χ3v) is 2.49. The molecule has 2 unspecified atom stereocenters. The molecule has 0 aliphatic rings. The maximum absolute atomic E-state index is 9.78. The van der Waals surface area contributed by atoms with Crippen molar-refractivity contribution < 1.29 is 24.7 Å². The summed E-state index contributed by atoms with van der Waals surface area (Å²) < 4.78 is 0. The highest BCUT2D eigenvalue weighted by atomic mass is 17.3. The maximum Gasteiger partial charge on any atom is 0.231 e. The Morgan fingerprint density at radius 2 is 1.43 bits per heavy atom. The molecule has 21 heavy (non-hydrogen) atoms. The van der Waals surface area contributed by atoms with Crippen LogP contribution in [0.3, 0.4) is 0 Å². The summed E-state index contributed by atoms with van der Waals surface area (Å²) in [6, 6.07) is 0.